The van der Waals surface area contributed by atoms with Gasteiger partial charge in [-0.3, -0.25) is 9.11 Å². The second kappa shape index (κ2) is 10.7. The lowest BCUT2D eigenvalue weighted by molar-refractivity contribution is 0.122. The van der Waals surface area contributed by atoms with Crippen LogP contribution in [0.5, 0.6) is 0 Å². The lowest BCUT2D eigenvalue weighted by Gasteiger charge is -2.53. The van der Waals surface area contributed by atoms with Gasteiger partial charge in [-0.15, -0.1) is 0 Å². The molecule has 11 heteroatoms. The van der Waals surface area contributed by atoms with E-state index in [9.17, 15) is 13.9 Å². The van der Waals surface area contributed by atoms with Crippen molar-refractivity contribution in [2.45, 2.75) is 24.0 Å². The maximum Gasteiger partial charge on any atom is 0.319 e. The third-order valence-corrected chi connectivity index (χ3v) is 8.76. The number of nitrogens with zero attached hydrogens (tertiary/aromatic N) is 4. The standard InChI is InChI=1S/C24H36N6O4S/c1-29(2)12-11-25-23(31)26-19-7-5-18(6-8-19)22-27-20(24(9-4-10-24)35(3,32)33)17-21(28-22)30-13-15-34-16-14-30/h5-8,17,32-33H,4,9-16H2,1-3H3,(H2,25,26,31). The zero-order valence-electron chi connectivity index (χ0n) is 20.7. The van der Waals surface area contributed by atoms with Crippen molar-refractivity contribution in [2.75, 3.05) is 70.0 Å². The molecule has 4 N–H and O–H groups in total. The number of morpholine rings is 1. The Hall–Kier alpha value is -2.44. The highest BCUT2D eigenvalue weighted by atomic mass is 32.3. The maximum absolute atomic E-state index is 12.1. The molecule has 10 nitrogen and oxygen atoms in total. The lowest BCUT2D eigenvalue weighted by Crippen LogP contribution is -2.41. The first-order chi connectivity index (χ1) is 16.7. The van der Waals surface area contributed by atoms with Gasteiger partial charge in [-0.25, -0.2) is 14.8 Å². The number of benzene rings is 1. The van der Waals surface area contributed by atoms with Gasteiger partial charge in [0.05, 0.1) is 18.9 Å². The van der Waals surface area contributed by atoms with Gasteiger partial charge >= 0.3 is 6.03 Å². The normalized spacial score (nSPS) is 18.2. The molecule has 2 fully saturated rings. The Balaban J connectivity index is 1.59. The van der Waals surface area contributed by atoms with Crippen LogP contribution in [0.25, 0.3) is 11.4 Å². The number of likely N-dealkylation sites (N-methyl/N-ethyl adjacent to an activating group) is 1. The van der Waals surface area contributed by atoms with Crippen LogP contribution in [-0.2, 0) is 9.48 Å². The van der Waals surface area contributed by atoms with E-state index in [-0.39, 0.29) is 6.03 Å². The molecule has 2 heterocycles. The van der Waals surface area contributed by atoms with E-state index < -0.39 is 15.3 Å². The molecule has 0 atom stereocenters. The molecule has 1 aromatic heterocycles. The van der Waals surface area contributed by atoms with Crippen LogP contribution < -0.4 is 15.5 Å². The van der Waals surface area contributed by atoms with Crippen LogP contribution in [0.2, 0.25) is 0 Å². The van der Waals surface area contributed by atoms with E-state index >= 15 is 0 Å². The summed E-state index contributed by atoms with van der Waals surface area (Å²) < 4.78 is 26.2. The van der Waals surface area contributed by atoms with Crippen molar-refractivity contribution < 1.29 is 18.6 Å². The first kappa shape index (κ1) is 25.6. The number of amides is 2. The predicted octanol–water partition coefficient (Wildman–Crippen LogP) is 3.42. The summed E-state index contributed by atoms with van der Waals surface area (Å²) in [5, 5.41) is 5.66. The Kier molecular flexibility index (Phi) is 7.82. The molecule has 0 radical (unpaired) electrons. The third-order valence-electron chi connectivity index (χ3n) is 6.66. The average molecular weight is 505 g/mol. The number of carbonyl (C=O) groups is 1. The lowest BCUT2D eigenvalue weighted by atomic mass is 9.81. The molecule has 1 saturated heterocycles. The summed E-state index contributed by atoms with van der Waals surface area (Å²) in [6.45, 7) is 4.00. The predicted molar refractivity (Wildman–Crippen MR) is 140 cm³/mol. The molecule has 1 aromatic carbocycles. The van der Waals surface area contributed by atoms with Crippen LogP contribution in [0.1, 0.15) is 25.0 Å². The Morgan fingerprint density at radius 2 is 1.86 bits per heavy atom. The van der Waals surface area contributed by atoms with Crippen molar-refractivity contribution in [1.29, 1.82) is 0 Å². The molecule has 4 rings (SSSR count). The number of urea groups is 1. The molecule has 0 spiro atoms. The van der Waals surface area contributed by atoms with Crippen LogP contribution in [0, 0.1) is 0 Å². The van der Waals surface area contributed by atoms with E-state index in [0.29, 0.717) is 49.8 Å². The van der Waals surface area contributed by atoms with Crippen molar-refractivity contribution in [2.24, 2.45) is 0 Å². The zero-order valence-corrected chi connectivity index (χ0v) is 21.5. The van der Waals surface area contributed by atoms with Crippen molar-refractivity contribution in [3.05, 3.63) is 36.0 Å². The topological polar surface area (TPSA) is 123 Å². The molecule has 2 aliphatic rings. The fourth-order valence-electron chi connectivity index (χ4n) is 4.36. The Labute approximate surface area is 208 Å². The van der Waals surface area contributed by atoms with Gasteiger partial charge < -0.3 is 25.2 Å². The van der Waals surface area contributed by atoms with Gasteiger partial charge in [0, 0.05) is 49.8 Å². The largest absolute Gasteiger partial charge is 0.378 e. The van der Waals surface area contributed by atoms with E-state index in [2.05, 4.69) is 15.5 Å². The van der Waals surface area contributed by atoms with Crippen molar-refractivity contribution in [1.82, 2.24) is 20.2 Å². The van der Waals surface area contributed by atoms with Crippen LogP contribution in [0.4, 0.5) is 16.3 Å². The third kappa shape index (κ3) is 5.87. The van der Waals surface area contributed by atoms with E-state index in [1.54, 1.807) is 0 Å². The molecule has 0 bridgehead atoms. The van der Waals surface area contributed by atoms with Gasteiger partial charge in [-0.1, -0.05) is 0 Å². The molecular weight excluding hydrogens is 468 g/mol. The number of aromatic nitrogens is 2. The van der Waals surface area contributed by atoms with Crippen molar-refractivity contribution in [3.63, 3.8) is 0 Å². The number of anilines is 2. The minimum absolute atomic E-state index is 0.257. The Morgan fingerprint density at radius 1 is 1.17 bits per heavy atom. The number of nitrogens with one attached hydrogen (secondary N) is 2. The van der Waals surface area contributed by atoms with Crippen LogP contribution >= 0.6 is 10.6 Å². The molecule has 2 amide bonds. The van der Waals surface area contributed by atoms with Gasteiger partial charge in [0.25, 0.3) is 0 Å². The smallest absolute Gasteiger partial charge is 0.319 e. The van der Waals surface area contributed by atoms with Gasteiger partial charge in [-0.05, 0) is 57.6 Å². The van der Waals surface area contributed by atoms with Crippen molar-refractivity contribution in [3.8, 4) is 11.4 Å². The number of carbonyl (C=O) groups excluding carboxylic acids is 1. The van der Waals surface area contributed by atoms with E-state index in [1.807, 2.05) is 49.3 Å². The number of hydrogen-bond acceptors (Lipinski definition) is 8. The van der Waals surface area contributed by atoms with Crippen LogP contribution in [-0.4, -0.2) is 89.7 Å². The van der Waals surface area contributed by atoms with Crippen LogP contribution in [0.3, 0.4) is 0 Å². The summed E-state index contributed by atoms with van der Waals surface area (Å²) >= 11 is 0. The quantitative estimate of drug-likeness (QED) is 0.431. The number of hydrogen-bond donors (Lipinski definition) is 4. The molecule has 0 unspecified atom stereocenters. The monoisotopic (exact) mass is 504 g/mol. The van der Waals surface area contributed by atoms with Gasteiger partial charge in [0.15, 0.2) is 5.82 Å². The fraction of sp³-hybridized carbons (Fsp3) is 0.542. The minimum Gasteiger partial charge on any atom is -0.378 e. The summed E-state index contributed by atoms with van der Waals surface area (Å²) in [6.07, 6.45) is 3.84. The van der Waals surface area contributed by atoms with E-state index in [0.717, 1.165) is 37.4 Å². The minimum atomic E-state index is -2.85. The molecule has 35 heavy (non-hydrogen) atoms. The first-order valence-corrected chi connectivity index (χ1v) is 13.9. The summed E-state index contributed by atoms with van der Waals surface area (Å²) in [5.41, 5.74) is 2.14. The molecule has 192 valence electrons. The number of ether oxygens (including phenoxy) is 1. The number of rotatable bonds is 8. The highest BCUT2D eigenvalue weighted by Gasteiger charge is 2.49. The first-order valence-electron chi connectivity index (χ1n) is 11.9. The van der Waals surface area contributed by atoms with E-state index in [4.69, 9.17) is 14.7 Å². The van der Waals surface area contributed by atoms with Crippen molar-refractivity contribution >= 4 is 28.1 Å². The Bertz CT molecular complexity index is 1020. The van der Waals surface area contributed by atoms with Gasteiger partial charge in [0.1, 0.15) is 10.6 Å². The summed E-state index contributed by atoms with van der Waals surface area (Å²) in [6, 6.07) is 9.03. The van der Waals surface area contributed by atoms with E-state index in [1.165, 1.54) is 6.26 Å². The summed E-state index contributed by atoms with van der Waals surface area (Å²) in [5.74, 6) is 1.30. The Morgan fingerprint density at radius 3 is 2.43 bits per heavy atom. The molecular formula is C24H36N6O4S. The molecule has 1 aliphatic heterocycles. The molecule has 2 aromatic rings. The maximum atomic E-state index is 12.1. The van der Waals surface area contributed by atoms with Gasteiger partial charge in [0.2, 0.25) is 0 Å². The SMILES string of the molecule is CN(C)CCNC(=O)Nc1ccc(-c2nc(N3CCOCC3)cc(C3(S(C)(O)O)CCC3)n2)cc1. The molecule has 1 saturated carbocycles. The average Bonchev–Trinajstić information content (AvgIpc) is 2.78. The second-order valence-electron chi connectivity index (χ2n) is 9.48. The summed E-state index contributed by atoms with van der Waals surface area (Å²) in [7, 11) is 1.06. The summed E-state index contributed by atoms with van der Waals surface area (Å²) in [4.78, 5) is 25.9. The van der Waals surface area contributed by atoms with Gasteiger partial charge in [-0.2, -0.15) is 10.6 Å². The molecule has 1 aliphatic carbocycles. The van der Waals surface area contributed by atoms with Crippen LogP contribution in [0.15, 0.2) is 30.3 Å². The fourth-order valence-corrected chi connectivity index (χ4v) is 5.92. The highest BCUT2D eigenvalue weighted by Crippen LogP contribution is 2.65. The zero-order chi connectivity index (χ0) is 25.1. The second-order valence-corrected chi connectivity index (χ2v) is 11.9. The highest BCUT2D eigenvalue weighted by molar-refractivity contribution is 8.24.